The van der Waals surface area contributed by atoms with E-state index in [0.717, 1.165) is 48.1 Å². The van der Waals surface area contributed by atoms with E-state index in [4.69, 9.17) is 16.7 Å². The highest BCUT2D eigenvalue weighted by atomic mass is 35.5. The number of hydrogen-bond donors (Lipinski definition) is 1. The van der Waals surface area contributed by atoms with Crippen molar-refractivity contribution in [1.29, 1.82) is 0 Å². The van der Waals surface area contributed by atoms with Crippen LogP contribution < -0.4 is 0 Å². The van der Waals surface area contributed by atoms with Crippen molar-refractivity contribution in [3.63, 3.8) is 0 Å². The van der Waals surface area contributed by atoms with Gasteiger partial charge in [-0.25, -0.2) is 0 Å². The van der Waals surface area contributed by atoms with E-state index < -0.39 is 5.97 Å². The van der Waals surface area contributed by atoms with E-state index in [-0.39, 0.29) is 0 Å². The van der Waals surface area contributed by atoms with Gasteiger partial charge in [0, 0.05) is 17.9 Å². The Labute approximate surface area is 142 Å². The number of thioether (sulfide) groups is 1. The van der Waals surface area contributed by atoms with Gasteiger partial charge in [-0.05, 0) is 62.6 Å². The molecule has 0 radical (unpaired) electrons. The van der Waals surface area contributed by atoms with Crippen molar-refractivity contribution < 1.29 is 9.90 Å². The molecule has 2 rings (SSSR count). The number of benzene rings is 1. The molecule has 0 saturated carbocycles. The quantitative estimate of drug-likeness (QED) is 0.562. The summed E-state index contributed by atoms with van der Waals surface area (Å²) in [6.45, 7) is 3.31. The first-order valence-corrected chi connectivity index (χ1v) is 9.33. The number of likely N-dealkylation sites (tertiary alicyclic amines) is 1. The summed E-state index contributed by atoms with van der Waals surface area (Å²) < 4.78 is 0. The molecule has 1 fully saturated rings. The number of halogens is 1. The van der Waals surface area contributed by atoms with Gasteiger partial charge in [-0.1, -0.05) is 23.7 Å². The highest BCUT2D eigenvalue weighted by Gasteiger charge is 2.20. The third kappa shape index (κ3) is 6.19. The van der Waals surface area contributed by atoms with Gasteiger partial charge >= 0.3 is 5.97 Å². The fourth-order valence-corrected chi connectivity index (χ4v) is 4.12. The van der Waals surface area contributed by atoms with Crippen molar-refractivity contribution in [2.24, 2.45) is 5.92 Å². The van der Waals surface area contributed by atoms with Crippen LogP contribution in [-0.4, -0.2) is 41.4 Å². The van der Waals surface area contributed by atoms with Crippen molar-refractivity contribution in [3.05, 3.63) is 29.3 Å². The average Bonchev–Trinajstić information content (AvgIpc) is 2.51. The first-order valence-electron chi connectivity index (χ1n) is 7.96. The Balaban J connectivity index is 1.64. The minimum atomic E-state index is -0.673. The Bertz CT molecular complexity index is 483. The molecule has 1 atom stereocenters. The van der Waals surface area contributed by atoms with Gasteiger partial charge in [0.2, 0.25) is 0 Å². The summed E-state index contributed by atoms with van der Waals surface area (Å²) in [7, 11) is 0. The Morgan fingerprint density at radius 2 is 2.23 bits per heavy atom. The van der Waals surface area contributed by atoms with E-state index >= 15 is 0 Å². The van der Waals surface area contributed by atoms with Crippen LogP contribution >= 0.6 is 23.4 Å². The van der Waals surface area contributed by atoms with Crippen molar-refractivity contribution in [3.8, 4) is 0 Å². The predicted octanol–water partition coefficient (Wildman–Crippen LogP) is 4.40. The zero-order valence-corrected chi connectivity index (χ0v) is 14.4. The lowest BCUT2D eigenvalue weighted by Gasteiger charge is -2.32. The topological polar surface area (TPSA) is 40.5 Å². The van der Waals surface area contributed by atoms with Crippen LogP contribution in [0.3, 0.4) is 0 Å². The molecule has 1 unspecified atom stereocenters. The largest absolute Gasteiger partial charge is 0.481 e. The second-order valence-corrected chi connectivity index (χ2v) is 7.42. The fourth-order valence-electron chi connectivity index (χ4n) is 2.95. The van der Waals surface area contributed by atoms with Gasteiger partial charge in [0.1, 0.15) is 0 Å². The number of piperidine rings is 1. The molecule has 0 amide bonds. The summed E-state index contributed by atoms with van der Waals surface area (Å²) >= 11 is 7.97. The Kier molecular flexibility index (Phi) is 7.56. The molecule has 0 bridgehead atoms. The van der Waals surface area contributed by atoms with Crippen LogP contribution in [0.4, 0.5) is 0 Å². The SMILES string of the molecule is O=C(O)CCC1CCCN(CCCSc2ccccc2Cl)C1. The minimum Gasteiger partial charge on any atom is -0.481 e. The maximum absolute atomic E-state index is 10.7. The molecule has 1 heterocycles. The van der Waals surface area contributed by atoms with Crippen LogP contribution in [0.25, 0.3) is 0 Å². The zero-order valence-electron chi connectivity index (χ0n) is 12.8. The molecule has 0 aromatic heterocycles. The molecule has 1 N–H and O–H groups in total. The van der Waals surface area contributed by atoms with E-state index in [2.05, 4.69) is 11.0 Å². The monoisotopic (exact) mass is 341 g/mol. The summed E-state index contributed by atoms with van der Waals surface area (Å²) in [4.78, 5) is 14.3. The van der Waals surface area contributed by atoms with Crippen molar-refractivity contribution in [2.45, 2.75) is 37.0 Å². The summed E-state index contributed by atoms with van der Waals surface area (Å²) in [5.74, 6) is 0.953. The Morgan fingerprint density at radius 3 is 3.00 bits per heavy atom. The highest BCUT2D eigenvalue weighted by Crippen LogP contribution is 2.27. The van der Waals surface area contributed by atoms with Gasteiger partial charge in [0.15, 0.2) is 0 Å². The standard InChI is InChI=1S/C17H24ClNO2S/c18-15-6-1-2-7-16(15)22-12-4-11-19-10-3-5-14(13-19)8-9-17(20)21/h1-2,6-7,14H,3-5,8-13H2,(H,20,21). The third-order valence-corrected chi connectivity index (χ3v) is 5.68. The summed E-state index contributed by atoms with van der Waals surface area (Å²) in [5.41, 5.74) is 0. The van der Waals surface area contributed by atoms with Gasteiger partial charge in [0.25, 0.3) is 0 Å². The van der Waals surface area contributed by atoms with Crippen molar-refractivity contribution >= 4 is 29.3 Å². The predicted molar refractivity (Wildman–Crippen MR) is 92.8 cm³/mol. The zero-order chi connectivity index (χ0) is 15.8. The van der Waals surface area contributed by atoms with Gasteiger partial charge < -0.3 is 10.0 Å². The molecule has 0 spiro atoms. The molecule has 1 saturated heterocycles. The molecule has 0 aliphatic carbocycles. The maximum atomic E-state index is 10.7. The molecular weight excluding hydrogens is 318 g/mol. The maximum Gasteiger partial charge on any atom is 0.303 e. The lowest BCUT2D eigenvalue weighted by molar-refractivity contribution is -0.137. The molecule has 1 aromatic rings. The number of hydrogen-bond acceptors (Lipinski definition) is 3. The molecule has 3 nitrogen and oxygen atoms in total. The van der Waals surface area contributed by atoms with Crippen molar-refractivity contribution in [1.82, 2.24) is 4.90 Å². The van der Waals surface area contributed by atoms with Gasteiger partial charge in [0.05, 0.1) is 5.02 Å². The van der Waals surface area contributed by atoms with Crippen LogP contribution in [0.2, 0.25) is 5.02 Å². The summed E-state index contributed by atoms with van der Waals surface area (Å²) in [6.07, 6.45) is 4.64. The van der Waals surface area contributed by atoms with E-state index in [1.807, 2.05) is 30.0 Å². The Morgan fingerprint density at radius 1 is 1.41 bits per heavy atom. The normalized spacial score (nSPS) is 19.2. The highest BCUT2D eigenvalue weighted by molar-refractivity contribution is 7.99. The number of aliphatic carboxylic acids is 1. The van der Waals surface area contributed by atoms with Crippen LogP contribution in [0.1, 0.15) is 32.1 Å². The van der Waals surface area contributed by atoms with Gasteiger partial charge in [-0.2, -0.15) is 0 Å². The summed E-state index contributed by atoms with van der Waals surface area (Å²) in [5, 5.41) is 9.62. The fraction of sp³-hybridized carbons (Fsp3) is 0.588. The number of carboxylic acid groups (broad SMARTS) is 1. The first kappa shape index (κ1) is 17.6. The lowest BCUT2D eigenvalue weighted by Crippen LogP contribution is -2.36. The van der Waals surface area contributed by atoms with Crippen molar-refractivity contribution in [2.75, 3.05) is 25.4 Å². The molecular formula is C17H24ClNO2S. The Hall–Kier alpha value is -0.710. The minimum absolute atomic E-state index is 0.306. The van der Waals surface area contributed by atoms with Gasteiger partial charge in [-0.15, -0.1) is 11.8 Å². The first-order chi connectivity index (χ1) is 10.6. The number of rotatable bonds is 8. The molecule has 1 aliphatic rings. The molecule has 1 aromatic carbocycles. The van der Waals surface area contributed by atoms with Crippen LogP contribution in [0, 0.1) is 5.92 Å². The second kappa shape index (κ2) is 9.43. The molecule has 5 heteroatoms. The van der Waals surface area contributed by atoms with Crippen LogP contribution in [0.15, 0.2) is 29.2 Å². The van der Waals surface area contributed by atoms with Crippen LogP contribution in [-0.2, 0) is 4.79 Å². The molecule has 22 heavy (non-hydrogen) atoms. The number of carbonyl (C=O) groups is 1. The van der Waals surface area contributed by atoms with E-state index in [9.17, 15) is 4.79 Å². The number of nitrogens with zero attached hydrogens (tertiary/aromatic N) is 1. The summed E-state index contributed by atoms with van der Waals surface area (Å²) in [6, 6.07) is 7.97. The second-order valence-electron chi connectivity index (χ2n) is 5.87. The van der Waals surface area contributed by atoms with E-state index in [1.54, 1.807) is 0 Å². The molecule has 122 valence electrons. The lowest BCUT2D eigenvalue weighted by atomic mass is 9.93. The van der Waals surface area contributed by atoms with Gasteiger partial charge in [-0.3, -0.25) is 4.79 Å². The average molecular weight is 342 g/mol. The van der Waals surface area contributed by atoms with E-state index in [0.29, 0.717) is 12.3 Å². The third-order valence-electron chi connectivity index (χ3n) is 4.08. The van der Waals surface area contributed by atoms with E-state index in [1.165, 1.54) is 12.8 Å². The number of carboxylic acids is 1. The molecule has 1 aliphatic heterocycles. The smallest absolute Gasteiger partial charge is 0.303 e. The van der Waals surface area contributed by atoms with Crippen LogP contribution in [0.5, 0.6) is 0 Å².